The largest absolute Gasteiger partial charge is 0.530 e. The monoisotopic (exact) mass is 568 g/mol. The molecule has 7 heteroatoms. The van der Waals surface area contributed by atoms with E-state index in [0.29, 0.717) is 19.5 Å². The van der Waals surface area contributed by atoms with Crippen molar-refractivity contribution in [1.29, 1.82) is 0 Å². The van der Waals surface area contributed by atoms with Crippen LogP contribution in [0.1, 0.15) is 57.8 Å². The number of nitrogens with zero attached hydrogens (tertiary/aromatic N) is 1. The maximum absolute atomic E-state index is 12.3. The van der Waals surface area contributed by atoms with Crippen molar-refractivity contribution in [3.63, 3.8) is 0 Å². The van der Waals surface area contributed by atoms with E-state index in [1.165, 1.54) is 0 Å². The van der Waals surface area contributed by atoms with Crippen LogP contribution in [0.3, 0.4) is 0 Å². The van der Waals surface area contributed by atoms with Crippen LogP contribution < -0.4 is 5.32 Å². The molecule has 23 heavy (non-hydrogen) atoms. The molecule has 0 aliphatic heterocycles. The van der Waals surface area contributed by atoms with Gasteiger partial charge in [0.25, 0.3) is 0 Å². The van der Waals surface area contributed by atoms with Gasteiger partial charge >= 0.3 is 5.97 Å². The number of carbonyl (C=O) groups excluding carboxylic acids is 2. The third-order valence-corrected chi connectivity index (χ3v) is 4.51. The molecule has 0 aromatic heterocycles. The Kier molecular flexibility index (Phi) is 9.04. The molecule has 1 aliphatic rings. The molecule has 2 N–H and O–H groups in total. The Morgan fingerprint density at radius 3 is 2.39 bits per heavy atom. The average Bonchev–Trinajstić information content (AvgIpc) is 2.89. The molecule has 2 amide bonds. The molecule has 0 radical (unpaired) electrons. The number of carbonyl (C=O) groups is 2. The smallest absolute Gasteiger partial charge is 0.303 e. The van der Waals surface area contributed by atoms with Gasteiger partial charge in [0.05, 0.1) is 6.42 Å². The average molecular weight is 568 g/mol. The molecule has 1 saturated carbocycles. The van der Waals surface area contributed by atoms with Gasteiger partial charge in [-0.15, -0.1) is 0 Å². The molecule has 0 spiro atoms. The summed E-state index contributed by atoms with van der Waals surface area (Å²) in [6.07, 6.45) is 8.49. The minimum absolute atomic E-state index is 0. The van der Waals surface area contributed by atoms with Crippen LogP contribution in [-0.4, -0.2) is 48.4 Å². The van der Waals surface area contributed by atoms with Gasteiger partial charge in [0.2, 0.25) is 5.91 Å². The van der Waals surface area contributed by atoms with E-state index in [2.05, 4.69) is 5.32 Å². The number of hydrogen-bond donors (Lipinski definition) is 2. The fraction of sp³-hybridized carbons (Fsp3) is 0.812. The van der Waals surface area contributed by atoms with Crippen molar-refractivity contribution in [2.24, 2.45) is 5.41 Å². The van der Waals surface area contributed by atoms with E-state index < -0.39 is 5.97 Å². The first-order valence-corrected chi connectivity index (χ1v) is 8.05. The van der Waals surface area contributed by atoms with Gasteiger partial charge in [0.15, 0.2) is 0 Å². The maximum atomic E-state index is 12.3. The van der Waals surface area contributed by atoms with Crippen molar-refractivity contribution >= 4 is 18.3 Å². The van der Waals surface area contributed by atoms with Crippen LogP contribution in [0.5, 0.6) is 0 Å². The minimum Gasteiger partial charge on any atom is -0.530 e. The van der Waals surface area contributed by atoms with Gasteiger partial charge in [0.1, 0.15) is 0 Å². The Hall–Kier alpha value is -2.59. The normalized spacial score (nSPS) is 15.5. The molecular formula is C16H27FmN2O4-. The zero-order chi connectivity index (χ0) is 16.4. The molecule has 6 nitrogen and oxygen atoms in total. The van der Waals surface area contributed by atoms with Gasteiger partial charge in [-0.05, 0) is 37.6 Å². The Bertz CT molecular complexity index is 384. The molecule has 0 heterocycles. The summed E-state index contributed by atoms with van der Waals surface area (Å²) in [4.78, 5) is 35.1. The Morgan fingerprint density at radius 2 is 1.83 bits per heavy atom. The molecule has 1 fully saturated rings. The fourth-order valence-electron chi connectivity index (χ4n) is 3.23. The third-order valence-electron chi connectivity index (χ3n) is 4.51. The van der Waals surface area contributed by atoms with Crippen molar-refractivity contribution in [2.45, 2.75) is 57.8 Å². The molecule has 0 aromatic carbocycles. The van der Waals surface area contributed by atoms with E-state index in [0.717, 1.165) is 44.9 Å². The number of hydrogen-bond acceptors (Lipinski definition) is 3. The second-order valence-corrected chi connectivity index (χ2v) is 6.36. The van der Waals surface area contributed by atoms with Crippen molar-refractivity contribution in [1.82, 2.24) is 10.2 Å². The van der Waals surface area contributed by atoms with Crippen LogP contribution in [0.2, 0.25) is 0 Å². The number of unbranched alkanes of at least 4 members (excludes halogenated alkanes) is 2. The number of amides is 2. The number of aliphatic carboxylic acids is 1. The third kappa shape index (κ3) is 7.29. The van der Waals surface area contributed by atoms with Gasteiger partial charge in [-0.3, -0.25) is 9.59 Å². The summed E-state index contributed by atoms with van der Waals surface area (Å²) < 4.78 is 0. The molecular weight excluding hydrogens is 541 g/mol. The quantitative estimate of drug-likeness (QED) is 0.226. The SMILES string of the molecule is CN(CCCCCN[C-]=O)C(=O)CC1(CC(=O)O)CCCC1.[Fm]. The van der Waals surface area contributed by atoms with Crippen LogP contribution in [0.15, 0.2) is 0 Å². The standard InChI is InChI=1S/C16H27N2O4.Fm/c1-18(10-6-2-5-9-17-13-19)14(20)11-16(12-15(21)22)7-3-4-8-16;/h2-12H2,1H3,(H,17,19)(H,21,22);/q-1;. The van der Waals surface area contributed by atoms with E-state index in [1.807, 2.05) is 0 Å². The second-order valence-electron chi connectivity index (χ2n) is 6.36. The van der Waals surface area contributed by atoms with Crippen LogP contribution in [0.4, 0.5) is 0 Å². The summed E-state index contributed by atoms with van der Waals surface area (Å²) in [6.45, 7) is 1.29. The molecule has 0 bridgehead atoms. The van der Waals surface area contributed by atoms with Crippen molar-refractivity contribution < 1.29 is 19.5 Å². The van der Waals surface area contributed by atoms with E-state index in [-0.39, 0.29) is 17.7 Å². The van der Waals surface area contributed by atoms with E-state index in [9.17, 15) is 14.4 Å². The van der Waals surface area contributed by atoms with E-state index in [1.54, 1.807) is 18.4 Å². The molecule has 1 aliphatic carbocycles. The summed E-state index contributed by atoms with van der Waals surface area (Å²) in [5, 5.41) is 11.6. The van der Waals surface area contributed by atoms with Crippen molar-refractivity contribution in [2.75, 3.05) is 20.1 Å². The number of carboxylic acids is 1. The molecule has 138 valence electrons. The summed E-state index contributed by atoms with van der Waals surface area (Å²) >= 11 is 0. The first kappa shape index (κ1) is 20.4. The fourth-order valence-corrected chi connectivity index (χ4v) is 3.23. The first-order chi connectivity index (χ1) is 10.5. The summed E-state index contributed by atoms with van der Waals surface area (Å²) in [5.41, 5.74) is -0.332. The summed E-state index contributed by atoms with van der Waals surface area (Å²) in [5.74, 6) is -0.765. The molecule has 0 saturated heterocycles. The van der Waals surface area contributed by atoms with Crippen molar-refractivity contribution in [3.05, 3.63) is 0 Å². The molecule has 1 rings (SSSR count). The minimum atomic E-state index is -0.808. The van der Waals surface area contributed by atoms with Gasteiger partial charge < -0.3 is 20.1 Å². The Labute approximate surface area is 132 Å². The number of nitrogens with one attached hydrogen (secondary N) is 1. The van der Waals surface area contributed by atoms with Gasteiger partial charge in [-0.2, -0.15) is 6.41 Å². The van der Waals surface area contributed by atoms with Crippen LogP contribution in [0.25, 0.3) is 0 Å². The van der Waals surface area contributed by atoms with Crippen LogP contribution in [-0.2, 0) is 14.4 Å². The molecule has 0 unspecified atom stereocenters. The van der Waals surface area contributed by atoms with Gasteiger partial charge in [-0.1, -0.05) is 19.3 Å². The predicted molar refractivity (Wildman–Crippen MR) is 83.0 cm³/mol. The van der Waals surface area contributed by atoms with Crippen LogP contribution >= 0.6 is 0 Å². The topological polar surface area (TPSA) is 86.7 Å². The predicted octanol–water partition coefficient (Wildman–Crippen LogP) is 1.70. The van der Waals surface area contributed by atoms with Crippen LogP contribution in [0, 0.1) is 5.41 Å². The number of rotatable bonds is 11. The zero-order valence-corrected chi connectivity index (χ0v) is 16.1. The Balaban J connectivity index is 0.00000484. The summed E-state index contributed by atoms with van der Waals surface area (Å²) in [6, 6.07) is 0. The van der Waals surface area contributed by atoms with E-state index in [4.69, 9.17) is 5.11 Å². The van der Waals surface area contributed by atoms with Gasteiger partial charge in [0, 0.05) is 20.0 Å². The summed E-state index contributed by atoms with van der Waals surface area (Å²) in [7, 11) is 1.78. The van der Waals surface area contributed by atoms with Crippen molar-refractivity contribution in [3.8, 4) is 0 Å². The zero-order valence-electron chi connectivity index (χ0n) is 13.7. The van der Waals surface area contributed by atoms with E-state index >= 15 is 0 Å². The maximum Gasteiger partial charge on any atom is 0.303 e. The molecule has 0 atom stereocenters. The first-order valence-electron chi connectivity index (χ1n) is 8.05. The second kappa shape index (κ2) is 10.2. The number of carboxylic acid groups (broad SMARTS) is 1. The van der Waals surface area contributed by atoms with Gasteiger partial charge in [-0.25, -0.2) is 0 Å². The molecule has 0 aromatic rings. The Morgan fingerprint density at radius 1 is 1.17 bits per heavy atom.